The van der Waals surface area contributed by atoms with Gasteiger partial charge in [-0.25, -0.2) is 0 Å². The second-order valence-electron chi connectivity index (χ2n) is 10.4. The molecule has 151 valence electrons. The smallest absolute Gasteiger partial charge is 0.0772 e. The summed E-state index contributed by atoms with van der Waals surface area (Å²) in [6.45, 7) is 19.1. The third kappa shape index (κ3) is 4.49. The molecular formula is C27H35Si2. The molecule has 0 aromatic heterocycles. The summed E-state index contributed by atoms with van der Waals surface area (Å²) in [5, 5.41) is 3.07. The van der Waals surface area contributed by atoms with Gasteiger partial charge in [-0.3, -0.25) is 0 Å². The molecule has 0 bridgehead atoms. The van der Waals surface area contributed by atoms with Crippen molar-refractivity contribution in [3.63, 3.8) is 0 Å². The first kappa shape index (κ1) is 21.8. The first-order valence-electron chi connectivity index (χ1n) is 10.7. The van der Waals surface area contributed by atoms with Crippen LogP contribution in [0, 0.1) is 6.08 Å². The number of rotatable bonds is 5. The van der Waals surface area contributed by atoms with E-state index in [0.29, 0.717) is 5.92 Å². The Morgan fingerprint density at radius 3 is 1.66 bits per heavy atom. The molecule has 0 heterocycles. The Morgan fingerprint density at radius 1 is 0.759 bits per heavy atom. The van der Waals surface area contributed by atoms with Crippen molar-refractivity contribution in [2.24, 2.45) is 0 Å². The van der Waals surface area contributed by atoms with E-state index in [-0.39, 0.29) is 0 Å². The van der Waals surface area contributed by atoms with Crippen LogP contribution < -0.4 is 0 Å². The molecule has 1 radical (unpaired) electrons. The largest absolute Gasteiger partial charge is 0.0775 e. The molecule has 0 saturated heterocycles. The fraction of sp³-hybridized carbons (Fsp3) is 0.333. The maximum Gasteiger partial charge on any atom is 0.0775 e. The summed E-state index contributed by atoms with van der Waals surface area (Å²) in [7, 11) is -2.93. The van der Waals surface area contributed by atoms with Gasteiger partial charge in [0.1, 0.15) is 0 Å². The summed E-state index contributed by atoms with van der Waals surface area (Å²) < 4.78 is 0. The molecule has 0 atom stereocenters. The molecule has 29 heavy (non-hydrogen) atoms. The molecule has 0 N–H and O–H groups in total. The molecule has 0 saturated carbocycles. The number of fused-ring (bicyclic) bond motifs is 3. The van der Waals surface area contributed by atoms with Crippen molar-refractivity contribution in [2.45, 2.75) is 59.0 Å². The van der Waals surface area contributed by atoms with E-state index in [9.17, 15) is 0 Å². The minimum atomic E-state index is -1.56. The fourth-order valence-corrected chi connectivity index (χ4v) is 8.26. The zero-order valence-electron chi connectivity index (χ0n) is 19.4. The van der Waals surface area contributed by atoms with Crippen LogP contribution in [0.4, 0.5) is 0 Å². The predicted molar refractivity (Wildman–Crippen MR) is 135 cm³/mol. The Labute approximate surface area is 180 Å². The second-order valence-corrected chi connectivity index (χ2v) is 20.5. The normalized spacial score (nSPS) is 14.8. The summed E-state index contributed by atoms with van der Waals surface area (Å²) in [6.07, 6.45) is 8.25. The molecular weight excluding hydrogens is 380 g/mol. The molecule has 2 aromatic rings. The van der Waals surface area contributed by atoms with Crippen LogP contribution in [0.25, 0.3) is 11.1 Å². The summed E-state index contributed by atoms with van der Waals surface area (Å²) in [5.41, 5.74) is 7.13. The monoisotopic (exact) mass is 415 g/mol. The number of allylic oxidation sites excluding steroid dienone is 6. The summed E-state index contributed by atoms with van der Waals surface area (Å²) in [5.74, 6) is 0.358. The Kier molecular flexibility index (Phi) is 6.07. The van der Waals surface area contributed by atoms with Gasteiger partial charge < -0.3 is 0 Å². The first-order chi connectivity index (χ1) is 13.5. The molecule has 3 rings (SSSR count). The van der Waals surface area contributed by atoms with Gasteiger partial charge in [0, 0.05) is 5.92 Å². The standard InChI is InChI=1S/C27H35Si2/c1-20(2)25(28(3,4)5)18-13-19-26(29(6,7)8)27-23-16-11-9-14-21(23)22-15-10-12-17-24(22)27/h9-12,14-19,27H,1-8H3. The van der Waals surface area contributed by atoms with Crippen molar-refractivity contribution < 1.29 is 0 Å². The lowest BCUT2D eigenvalue weighted by molar-refractivity contribution is 1.03. The summed E-state index contributed by atoms with van der Waals surface area (Å²) in [6, 6.07) is 17.9. The van der Waals surface area contributed by atoms with Crippen molar-refractivity contribution in [1.82, 2.24) is 0 Å². The van der Waals surface area contributed by atoms with Crippen LogP contribution in [0.1, 0.15) is 30.9 Å². The maximum absolute atomic E-state index is 3.64. The zero-order chi connectivity index (χ0) is 21.4. The molecule has 1 aliphatic rings. The Hall–Kier alpha value is -1.91. The van der Waals surface area contributed by atoms with Crippen molar-refractivity contribution in [1.29, 1.82) is 0 Å². The van der Waals surface area contributed by atoms with E-state index < -0.39 is 16.1 Å². The number of hydrogen-bond donors (Lipinski definition) is 0. The van der Waals surface area contributed by atoms with Crippen LogP contribution in [0.15, 0.2) is 76.6 Å². The van der Waals surface area contributed by atoms with E-state index in [1.165, 1.54) is 33.0 Å². The molecule has 0 aliphatic heterocycles. The van der Waals surface area contributed by atoms with Gasteiger partial charge in [0.2, 0.25) is 0 Å². The van der Waals surface area contributed by atoms with Crippen molar-refractivity contribution >= 4 is 16.1 Å². The topological polar surface area (TPSA) is 0 Å². The number of hydrogen-bond acceptors (Lipinski definition) is 0. The van der Waals surface area contributed by atoms with Crippen LogP contribution in [-0.2, 0) is 0 Å². The van der Waals surface area contributed by atoms with E-state index in [0.717, 1.165) is 0 Å². The molecule has 1 aliphatic carbocycles. The van der Waals surface area contributed by atoms with E-state index in [1.807, 2.05) is 0 Å². The SMILES string of the molecule is CC(C)=C(C=[C]C=C(C1c2ccccc2-c2ccccc21)[Si](C)(C)C)[Si](C)(C)C. The third-order valence-electron chi connectivity index (χ3n) is 5.82. The third-order valence-corrected chi connectivity index (χ3v) is 10.2. The van der Waals surface area contributed by atoms with Crippen LogP contribution in [0.2, 0.25) is 39.3 Å². The fourth-order valence-electron chi connectivity index (χ4n) is 4.55. The van der Waals surface area contributed by atoms with Gasteiger partial charge in [-0.05, 0) is 42.2 Å². The second kappa shape index (κ2) is 8.08. The first-order valence-corrected chi connectivity index (χ1v) is 17.7. The van der Waals surface area contributed by atoms with E-state index >= 15 is 0 Å². The van der Waals surface area contributed by atoms with Gasteiger partial charge in [-0.2, -0.15) is 0 Å². The predicted octanol–water partition coefficient (Wildman–Crippen LogP) is 8.18. The molecule has 0 nitrogen and oxygen atoms in total. The van der Waals surface area contributed by atoms with Crippen LogP contribution in [-0.4, -0.2) is 16.1 Å². The minimum Gasteiger partial charge on any atom is -0.0772 e. The highest BCUT2D eigenvalue weighted by molar-refractivity contribution is 6.84. The quantitative estimate of drug-likeness (QED) is 0.341. The average Bonchev–Trinajstić information content (AvgIpc) is 2.94. The zero-order valence-corrected chi connectivity index (χ0v) is 21.4. The lowest BCUT2D eigenvalue weighted by Crippen LogP contribution is -2.28. The van der Waals surface area contributed by atoms with Crippen LogP contribution >= 0.6 is 0 Å². The van der Waals surface area contributed by atoms with Gasteiger partial charge in [0.05, 0.1) is 16.1 Å². The Balaban J connectivity index is 2.13. The molecule has 2 heteroatoms. The highest BCUT2D eigenvalue weighted by atomic mass is 28.3. The molecule has 0 fully saturated rings. The van der Waals surface area contributed by atoms with Gasteiger partial charge in [-0.15, -0.1) is 0 Å². The van der Waals surface area contributed by atoms with E-state index in [2.05, 4.69) is 120 Å². The van der Waals surface area contributed by atoms with Crippen LogP contribution in [0.3, 0.4) is 0 Å². The van der Waals surface area contributed by atoms with Crippen LogP contribution in [0.5, 0.6) is 0 Å². The molecule has 0 unspecified atom stereocenters. The summed E-state index contributed by atoms with van der Waals surface area (Å²) in [4.78, 5) is 0. The molecule has 2 aromatic carbocycles. The average molecular weight is 416 g/mol. The number of benzene rings is 2. The lowest BCUT2D eigenvalue weighted by Gasteiger charge is -2.28. The highest BCUT2D eigenvalue weighted by Gasteiger charge is 2.35. The Bertz CT molecular complexity index is 942. The maximum atomic E-state index is 3.64. The molecule has 0 amide bonds. The van der Waals surface area contributed by atoms with Gasteiger partial charge >= 0.3 is 0 Å². The van der Waals surface area contributed by atoms with Gasteiger partial charge in [-0.1, -0.05) is 116 Å². The van der Waals surface area contributed by atoms with E-state index in [4.69, 9.17) is 0 Å². The lowest BCUT2D eigenvalue weighted by atomic mass is 9.96. The van der Waals surface area contributed by atoms with Crippen molar-refractivity contribution in [3.8, 4) is 11.1 Å². The van der Waals surface area contributed by atoms with E-state index in [1.54, 1.807) is 5.20 Å². The summed E-state index contributed by atoms with van der Waals surface area (Å²) >= 11 is 0. The highest BCUT2D eigenvalue weighted by Crippen LogP contribution is 2.49. The minimum absolute atomic E-state index is 0.358. The van der Waals surface area contributed by atoms with Gasteiger partial charge in [0.15, 0.2) is 0 Å². The van der Waals surface area contributed by atoms with Crippen molar-refractivity contribution in [3.05, 3.63) is 93.9 Å². The molecule has 0 spiro atoms. The Morgan fingerprint density at radius 2 is 1.24 bits per heavy atom. The van der Waals surface area contributed by atoms with Crippen molar-refractivity contribution in [2.75, 3.05) is 0 Å². The van der Waals surface area contributed by atoms with Gasteiger partial charge in [0.25, 0.3) is 0 Å².